The number of amides is 1. The molecule has 1 saturated carbocycles. The monoisotopic (exact) mass is 273 g/mol. The van der Waals surface area contributed by atoms with E-state index in [0.29, 0.717) is 23.4 Å². The molecular weight excluding hydrogens is 254 g/mol. The molecule has 4 nitrogen and oxygen atoms in total. The summed E-state index contributed by atoms with van der Waals surface area (Å²) < 4.78 is 5.76. The SMILES string of the molecule is CC1CC(=O)N(C)c2cc(C(=O)C3CCC3)ccc2O1. The number of nitrogens with zero attached hydrogens (tertiary/aromatic N) is 1. The molecule has 1 atom stereocenters. The maximum absolute atomic E-state index is 12.3. The van der Waals surface area contributed by atoms with Crippen molar-refractivity contribution in [1.29, 1.82) is 0 Å². The number of rotatable bonds is 2. The van der Waals surface area contributed by atoms with Crippen LogP contribution < -0.4 is 9.64 Å². The average molecular weight is 273 g/mol. The molecule has 3 rings (SSSR count). The molecule has 0 radical (unpaired) electrons. The predicted molar refractivity (Wildman–Crippen MR) is 76.2 cm³/mol. The van der Waals surface area contributed by atoms with Crippen LogP contribution in [0.2, 0.25) is 0 Å². The third-order valence-corrected chi connectivity index (χ3v) is 4.25. The van der Waals surface area contributed by atoms with Gasteiger partial charge in [0.15, 0.2) is 5.78 Å². The molecule has 1 aromatic rings. The third kappa shape index (κ3) is 2.19. The normalized spacial score (nSPS) is 22.6. The number of carbonyl (C=O) groups excluding carboxylic acids is 2. The lowest BCUT2D eigenvalue weighted by Gasteiger charge is -2.24. The number of fused-ring (bicyclic) bond motifs is 1. The van der Waals surface area contributed by atoms with E-state index in [-0.39, 0.29) is 23.7 Å². The summed E-state index contributed by atoms with van der Waals surface area (Å²) in [5, 5.41) is 0. The van der Waals surface area contributed by atoms with Gasteiger partial charge in [0, 0.05) is 18.5 Å². The summed E-state index contributed by atoms with van der Waals surface area (Å²) in [6.07, 6.45) is 3.33. The zero-order chi connectivity index (χ0) is 14.3. The highest BCUT2D eigenvalue weighted by molar-refractivity contribution is 6.01. The number of ketones is 1. The first-order valence-electron chi connectivity index (χ1n) is 7.17. The Balaban J connectivity index is 1.96. The Labute approximate surface area is 118 Å². The first kappa shape index (κ1) is 13.2. The standard InChI is InChI=1S/C16H19NO3/c1-10-8-15(18)17(2)13-9-12(6-7-14(13)20-10)16(19)11-4-3-5-11/h6-7,9-11H,3-5,8H2,1-2H3. The molecule has 1 aromatic carbocycles. The largest absolute Gasteiger partial charge is 0.488 e. The fraction of sp³-hybridized carbons (Fsp3) is 0.500. The molecule has 1 heterocycles. The Hall–Kier alpha value is -1.84. The van der Waals surface area contributed by atoms with Gasteiger partial charge in [0.25, 0.3) is 0 Å². The molecule has 0 N–H and O–H groups in total. The number of hydrogen-bond donors (Lipinski definition) is 0. The second-order valence-electron chi connectivity index (χ2n) is 5.76. The smallest absolute Gasteiger partial charge is 0.230 e. The van der Waals surface area contributed by atoms with E-state index in [1.54, 1.807) is 18.0 Å². The highest BCUT2D eigenvalue weighted by atomic mass is 16.5. The Morgan fingerprint density at radius 3 is 2.75 bits per heavy atom. The summed E-state index contributed by atoms with van der Waals surface area (Å²) in [7, 11) is 1.74. The lowest BCUT2D eigenvalue weighted by molar-refractivity contribution is -0.119. The zero-order valence-corrected chi connectivity index (χ0v) is 11.9. The Morgan fingerprint density at radius 1 is 1.35 bits per heavy atom. The van der Waals surface area contributed by atoms with Crippen LogP contribution in [-0.2, 0) is 4.79 Å². The summed E-state index contributed by atoms with van der Waals surface area (Å²) in [5.41, 5.74) is 1.38. The number of Topliss-reactive ketones (excluding diaryl/α,β-unsaturated/α-hetero) is 1. The van der Waals surface area contributed by atoms with Crippen LogP contribution in [0, 0.1) is 5.92 Å². The van der Waals surface area contributed by atoms with Gasteiger partial charge in [-0.05, 0) is 38.0 Å². The van der Waals surface area contributed by atoms with Crippen molar-refractivity contribution < 1.29 is 14.3 Å². The van der Waals surface area contributed by atoms with Crippen LogP contribution in [0.15, 0.2) is 18.2 Å². The molecule has 4 heteroatoms. The second-order valence-corrected chi connectivity index (χ2v) is 5.76. The van der Waals surface area contributed by atoms with Crippen LogP contribution in [0.1, 0.15) is 43.0 Å². The molecule has 2 aliphatic rings. The van der Waals surface area contributed by atoms with E-state index in [9.17, 15) is 9.59 Å². The van der Waals surface area contributed by atoms with Gasteiger partial charge in [-0.15, -0.1) is 0 Å². The van der Waals surface area contributed by atoms with Crippen LogP contribution in [0.5, 0.6) is 5.75 Å². The third-order valence-electron chi connectivity index (χ3n) is 4.25. The quantitative estimate of drug-likeness (QED) is 0.778. The Bertz CT molecular complexity index is 563. The van der Waals surface area contributed by atoms with Crippen LogP contribution in [0.3, 0.4) is 0 Å². The van der Waals surface area contributed by atoms with Gasteiger partial charge in [-0.25, -0.2) is 0 Å². The molecule has 20 heavy (non-hydrogen) atoms. The minimum absolute atomic E-state index is 0.0180. The highest BCUT2D eigenvalue weighted by Crippen LogP contribution is 2.36. The minimum Gasteiger partial charge on any atom is -0.488 e. The first-order chi connectivity index (χ1) is 9.56. The van der Waals surface area contributed by atoms with E-state index in [2.05, 4.69) is 0 Å². The summed E-state index contributed by atoms with van der Waals surface area (Å²) in [4.78, 5) is 25.9. The summed E-state index contributed by atoms with van der Waals surface area (Å²) >= 11 is 0. The van der Waals surface area contributed by atoms with Gasteiger partial charge in [-0.3, -0.25) is 9.59 Å². The average Bonchev–Trinajstić information content (AvgIpc) is 2.45. The second kappa shape index (κ2) is 4.93. The topological polar surface area (TPSA) is 46.6 Å². The summed E-state index contributed by atoms with van der Waals surface area (Å²) in [6.45, 7) is 1.88. The number of hydrogen-bond acceptors (Lipinski definition) is 3. The maximum Gasteiger partial charge on any atom is 0.230 e. The van der Waals surface area contributed by atoms with E-state index in [4.69, 9.17) is 4.74 Å². The maximum atomic E-state index is 12.3. The van der Waals surface area contributed by atoms with E-state index in [1.807, 2.05) is 19.1 Å². The van der Waals surface area contributed by atoms with Gasteiger partial charge >= 0.3 is 0 Å². The highest BCUT2D eigenvalue weighted by Gasteiger charge is 2.29. The fourth-order valence-corrected chi connectivity index (χ4v) is 2.71. The van der Waals surface area contributed by atoms with Crippen LogP contribution in [-0.4, -0.2) is 24.8 Å². The van der Waals surface area contributed by atoms with Crippen LogP contribution in [0.4, 0.5) is 5.69 Å². The van der Waals surface area contributed by atoms with Crippen molar-refractivity contribution in [2.45, 2.75) is 38.7 Å². The lowest BCUT2D eigenvalue weighted by Crippen LogP contribution is -2.27. The van der Waals surface area contributed by atoms with Gasteiger partial charge in [0.2, 0.25) is 5.91 Å². The van der Waals surface area contributed by atoms with Crippen LogP contribution in [0.25, 0.3) is 0 Å². The minimum atomic E-state index is -0.139. The van der Waals surface area contributed by atoms with E-state index in [1.165, 1.54) is 0 Å². The van der Waals surface area contributed by atoms with E-state index in [0.717, 1.165) is 19.3 Å². The Kier molecular flexibility index (Phi) is 3.24. The predicted octanol–water partition coefficient (Wildman–Crippen LogP) is 2.80. The van der Waals surface area contributed by atoms with Crippen LogP contribution >= 0.6 is 0 Å². The van der Waals surface area contributed by atoms with Crippen molar-refractivity contribution in [3.05, 3.63) is 23.8 Å². The molecule has 1 fully saturated rings. The lowest BCUT2D eigenvalue weighted by atomic mass is 9.80. The number of ether oxygens (including phenoxy) is 1. The molecule has 106 valence electrons. The van der Waals surface area contributed by atoms with Gasteiger partial charge in [0.1, 0.15) is 11.9 Å². The molecule has 1 amide bonds. The van der Waals surface area contributed by atoms with Crippen molar-refractivity contribution in [1.82, 2.24) is 0 Å². The van der Waals surface area contributed by atoms with Crippen molar-refractivity contribution in [2.24, 2.45) is 5.92 Å². The molecule has 1 aliphatic heterocycles. The molecule has 0 bridgehead atoms. The van der Waals surface area contributed by atoms with Gasteiger partial charge in [-0.1, -0.05) is 6.42 Å². The molecule has 1 unspecified atom stereocenters. The van der Waals surface area contributed by atoms with Crippen molar-refractivity contribution in [2.75, 3.05) is 11.9 Å². The van der Waals surface area contributed by atoms with E-state index >= 15 is 0 Å². The number of anilines is 1. The number of benzene rings is 1. The van der Waals surface area contributed by atoms with Crippen molar-refractivity contribution in [3.8, 4) is 5.75 Å². The summed E-state index contributed by atoms with van der Waals surface area (Å²) in [6, 6.07) is 5.43. The molecule has 0 spiro atoms. The van der Waals surface area contributed by atoms with Gasteiger partial charge in [-0.2, -0.15) is 0 Å². The Morgan fingerprint density at radius 2 is 2.10 bits per heavy atom. The fourth-order valence-electron chi connectivity index (χ4n) is 2.71. The molecule has 0 aromatic heterocycles. The van der Waals surface area contributed by atoms with Crippen molar-refractivity contribution in [3.63, 3.8) is 0 Å². The van der Waals surface area contributed by atoms with Crippen molar-refractivity contribution >= 4 is 17.4 Å². The molecule has 0 saturated heterocycles. The molecular formula is C16H19NO3. The van der Waals surface area contributed by atoms with E-state index < -0.39 is 0 Å². The zero-order valence-electron chi connectivity index (χ0n) is 11.9. The summed E-state index contributed by atoms with van der Waals surface area (Å²) in [5.74, 6) is 1.05. The van der Waals surface area contributed by atoms with Gasteiger partial charge in [0.05, 0.1) is 12.1 Å². The first-order valence-corrected chi connectivity index (χ1v) is 7.17. The number of carbonyl (C=O) groups is 2. The van der Waals surface area contributed by atoms with Gasteiger partial charge < -0.3 is 9.64 Å². The molecule has 1 aliphatic carbocycles.